The van der Waals surface area contributed by atoms with Crippen molar-refractivity contribution >= 4 is 17.7 Å². The molecule has 1 aromatic carbocycles. The summed E-state index contributed by atoms with van der Waals surface area (Å²) in [6.45, 7) is 3.66. The number of nitrogens with zero attached hydrogens (tertiary/aromatic N) is 4. The number of hydrogen-bond acceptors (Lipinski definition) is 6. The molecule has 8 heteroatoms. The van der Waals surface area contributed by atoms with Gasteiger partial charge in [0, 0.05) is 25.4 Å². The van der Waals surface area contributed by atoms with E-state index in [1.807, 2.05) is 10.6 Å². The van der Waals surface area contributed by atoms with Crippen LogP contribution in [0.25, 0.3) is 5.69 Å². The molecule has 0 radical (unpaired) electrons. The van der Waals surface area contributed by atoms with Gasteiger partial charge >= 0.3 is 0 Å². The van der Waals surface area contributed by atoms with E-state index in [0.717, 1.165) is 55.1 Å². The van der Waals surface area contributed by atoms with Gasteiger partial charge in [0.25, 0.3) is 0 Å². The van der Waals surface area contributed by atoms with Gasteiger partial charge in [0.1, 0.15) is 5.82 Å². The van der Waals surface area contributed by atoms with Gasteiger partial charge in [-0.1, -0.05) is 17.8 Å². The number of thioether (sulfide) groups is 1. The van der Waals surface area contributed by atoms with E-state index < -0.39 is 0 Å². The Balaban J connectivity index is 1.61. The molecular weight excluding hydrogens is 355 g/mol. The van der Waals surface area contributed by atoms with Gasteiger partial charge in [0.05, 0.1) is 25.0 Å². The summed E-state index contributed by atoms with van der Waals surface area (Å²) in [6.07, 6.45) is 3.68. The smallest absolute Gasteiger partial charge is 0.232 e. The molecular formula is C18H23FN4O2S. The lowest BCUT2D eigenvalue weighted by atomic mass is 10.1. The fraction of sp³-hybridized carbons (Fsp3) is 0.556. The number of benzene rings is 1. The van der Waals surface area contributed by atoms with Gasteiger partial charge in [0.15, 0.2) is 5.16 Å². The van der Waals surface area contributed by atoms with Crippen molar-refractivity contribution in [2.45, 2.75) is 30.5 Å². The third kappa shape index (κ3) is 4.02. The highest BCUT2D eigenvalue weighted by Gasteiger charge is 2.23. The maximum absolute atomic E-state index is 13.8. The monoisotopic (exact) mass is 378 g/mol. The van der Waals surface area contributed by atoms with Crippen molar-refractivity contribution in [1.29, 1.82) is 0 Å². The lowest BCUT2D eigenvalue weighted by Gasteiger charge is -2.28. The van der Waals surface area contributed by atoms with Gasteiger partial charge in [-0.25, -0.2) is 4.39 Å². The van der Waals surface area contributed by atoms with Crippen molar-refractivity contribution in [3.63, 3.8) is 0 Å². The number of anilines is 1. The zero-order valence-corrected chi connectivity index (χ0v) is 15.5. The molecule has 0 aliphatic carbocycles. The Kier molecular flexibility index (Phi) is 5.72. The van der Waals surface area contributed by atoms with E-state index in [4.69, 9.17) is 9.47 Å². The molecule has 6 nitrogen and oxygen atoms in total. The normalized spacial score (nSPS) is 21.1. The topological polar surface area (TPSA) is 52.4 Å². The molecule has 3 heterocycles. The largest absolute Gasteiger partial charge is 0.378 e. The van der Waals surface area contributed by atoms with Gasteiger partial charge in [0.2, 0.25) is 5.95 Å². The Morgan fingerprint density at radius 2 is 2.04 bits per heavy atom. The van der Waals surface area contributed by atoms with Crippen LogP contribution >= 0.6 is 11.8 Å². The number of aromatic nitrogens is 3. The van der Waals surface area contributed by atoms with Gasteiger partial charge in [-0.15, -0.1) is 10.2 Å². The SMILES string of the molecule is Fc1cccc(-n2c(SC[C@H]3CCCCO3)nnc2N2CCOCC2)c1. The van der Waals surface area contributed by atoms with E-state index >= 15 is 0 Å². The van der Waals surface area contributed by atoms with Crippen molar-refractivity contribution in [3.05, 3.63) is 30.1 Å². The summed E-state index contributed by atoms with van der Waals surface area (Å²) < 4.78 is 27.0. The molecule has 2 fully saturated rings. The maximum atomic E-state index is 13.8. The second-order valence-corrected chi connectivity index (χ2v) is 7.48. The maximum Gasteiger partial charge on any atom is 0.232 e. The molecule has 0 unspecified atom stereocenters. The molecule has 140 valence electrons. The molecule has 26 heavy (non-hydrogen) atoms. The minimum absolute atomic E-state index is 0.248. The molecule has 0 N–H and O–H groups in total. The van der Waals surface area contributed by atoms with Crippen molar-refractivity contribution in [2.24, 2.45) is 0 Å². The number of halogens is 1. The van der Waals surface area contributed by atoms with Crippen LogP contribution in [0.5, 0.6) is 0 Å². The van der Waals surface area contributed by atoms with Crippen LogP contribution in [0.4, 0.5) is 10.3 Å². The lowest BCUT2D eigenvalue weighted by molar-refractivity contribution is 0.0315. The van der Waals surface area contributed by atoms with Crippen LogP contribution in [-0.4, -0.2) is 59.5 Å². The standard InChI is InChI=1S/C18H23FN4O2S/c19-14-4-3-5-15(12-14)23-17(22-7-10-24-11-8-22)20-21-18(23)26-13-16-6-1-2-9-25-16/h3-5,12,16H,1-2,6-11,13H2/t16-/m1/s1. The van der Waals surface area contributed by atoms with E-state index in [9.17, 15) is 4.39 Å². The molecule has 4 rings (SSSR count). The molecule has 2 aromatic rings. The summed E-state index contributed by atoms with van der Waals surface area (Å²) in [7, 11) is 0. The highest BCUT2D eigenvalue weighted by molar-refractivity contribution is 7.99. The summed E-state index contributed by atoms with van der Waals surface area (Å²) in [6, 6.07) is 6.57. The van der Waals surface area contributed by atoms with Crippen LogP contribution in [0.2, 0.25) is 0 Å². The first-order chi connectivity index (χ1) is 12.8. The first kappa shape index (κ1) is 17.8. The van der Waals surface area contributed by atoms with E-state index in [0.29, 0.717) is 13.2 Å². The van der Waals surface area contributed by atoms with Crippen molar-refractivity contribution in [2.75, 3.05) is 43.6 Å². The fourth-order valence-corrected chi connectivity index (χ4v) is 4.28. The van der Waals surface area contributed by atoms with Crippen LogP contribution in [0.1, 0.15) is 19.3 Å². The van der Waals surface area contributed by atoms with Crippen molar-refractivity contribution in [1.82, 2.24) is 14.8 Å². The molecule has 1 atom stereocenters. The third-order valence-corrected chi connectivity index (χ3v) is 5.71. The molecule has 0 saturated carbocycles. The van der Waals surface area contributed by atoms with Gasteiger partial charge in [-0.05, 0) is 37.5 Å². The van der Waals surface area contributed by atoms with Crippen LogP contribution < -0.4 is 4.90 Å². The van der Waals surface area contributed by atoms with Crippen LogP contribution in [0.3, 0.4) is 0 Å². The predicted octanol–water partition coefficient (Wildman–Crippen LogP) is 2.90. The Bertz CT molecular complexity index is 730. The highest BCUT2D eigenvalue weighted by atomic mass is 32.2. The van der Waals surface area contributed by atoms with Gasteiger partial charge < -0.3 is 14.4 Å². The lowest BCUT2D eigenvalue weighted by Crippen LogP contribution is -2.37. The van der Waals surface area contributed by atoms with Crippen LogP contribution in [0.15, 0.2) is 29.4 Å². The Hall–Kier alpha value is -1.64. The van der Waals surface area contributed by atoms with Crippen LogP contribution in [0, 0.1) is 5.82 Å². The Morgan fingerprint density at radius 3 is 2.81 bits per heavy atom. The summed E-state index contributed by atoms with van der Waals surface area (Å²) in [5.74, 6) is 1.30. The van der Waals surface area contributed by atoms with E-state index in [-0.39, 0.29) is 11.9 Å². The predicted molar refractivity (Wildman–Crippen MR) is 98.7 cm³/mol. The molecule has 2 saturated heterocycles. The van der Waals surface area contributed by atoms with E-state index in [1.54, 1.807) is 17.8 Å². The molecule has 0 bridgehead atoms. The van der Waals surface area contributed by atoms with Crippen LogP contribution in [-0.2, 0) is 9.47 Å². The Labute approximate surface area is 156 Å². The average molecular weight is 378 g/mol. The molecule has 0 amide bonds. The Morgan fingerprint density at radius 1 is 1.15 bits per heavy atom. The fourth-order valence-electron chi connectivity index (χ4n) is 3.27. The number of morpholine rings is 1. The highest BCUT2D eigenvalue weighted by Crippen LogP contribution is 2.29. The first-order valence-electron chi connectivity index (χ1n) is 9.10. The zero-order valence-electron chi connectivity index (χ0n) is 14.6. The summed E-state index contributed by atoms with van der Waals surface area (Å²) in [4.78, 5) is 2.14. The molecule has 2 aliphatic rings. The molecule has 1 aromatic heterocycles. The van der Waals surface area contributed by atoms with E-state index in [2.05, 4.69) is 15.1 Å². The second kappa shape index (κ2) is 8.37. The van der Waals surface area contributed by atoms with Crippen molar-refractivity contribution < 1.29 is 13.9 Å². The van der Waals surface area contributed by atoms with Gasteiger partial charge in [-0.2, -0.15) is 0 Å². The zero-order chi connectivity index (χ0) is 17.8. The van der Waals surface area contributed by atoms with Crippen molar-refractivity contribution in [3.8, 4) is 5.69 Å². The van der Waals surface area contributed by atoms with Gasteiger partial charge in [-0.3, -0.25) is 4.57 Å². The summed E-state index contributed by atoms with van der Waals surface area (Å²) in [5.41, 5.74) is 0.739. The minimum Gasteiger partial charge on any atom is -0.378 e. The number of hydrogen-bond donors (Lipinski definition) is 0. The minimum atomic E-state index is -0.268. The van der Waals surface area contributed by atoms with E-state index in [1.165, 1.54) is 18.6 Å². The average Bonchev–Trinajstić information content (AvgIpc) is 3.12. The first-order valence-corrected chi connectivity index (χ1v) is 10.1. The molecule has 2 aliphatic heterocycles. The number of rotatable bonds is 5. The molecule has 0 spiro atoms. The summed E-state index contributed by atoms with van der Waals surface area (Å²) >= 11 is 1.62. The number of ether oxygens (including phenoxy) is 2. The quantitative estimate of drug-likeness (QED) is 0.746. The third-order valence-electron chi connectivity index (χ3n) is 4.65. The summed E-state index contributed by atoms with van der Waals surface area (Å²) in [5, 5.41) is 9.58. The second-order valence-electron chi connectivity index (χ2n) is 6.50.